The summed E-state index contributed by atoms with van der Waals surface area (Å²) in [4.78, 5) is 0.115. The first-order chi connectivity index (χ1) is 8.36. The van der Waals surface area contributed by atoms with Crippen LogP contribution in [0.1, 0.15) is 13.3 Å². The molecule has 1 unspecified atom stereocenters. The molecule has 1 aromatic carbocycles. The number of halogens is 2. The minimum atomic E-state index is -3.52. The lowest BCUT2D eigenvalue weighted by atomic mass is 10.3. The van der Waals surface area contributed by atoms with E-state index in [0.29, 0.717) is 11.8 Å². The second-order valence-corrected chi connectivity index (χ2v) is 8.14. The maximum atomic E-state index is 12.0. The van der Waals surface area contributed by atoms with Gasteiger partial charge in [0.25, 0.3) is 0 Å². The van der Waals surface area contributed by atoms with Gasteiger partial charge in [0.2, 0.25) is 10.0 Å². The molecule has 0 bridgehead atoms. The second kappa shape index (κ2) is 7.14. The quantitative estimate of drug-likeness (QED) is 0.831. The minimum Gasteiger partial charge on any atom is -0.211 e. The molecule has 102 valence electrons. The third-order valence-corrected chi connectivity index (χ3v) is 5.91. The van der Waals surface area contributed by atoms with Crippen LogP contribution in [0.3, 0.4) is 0 Å². The van der Waals surface area contributed by atoms with Crippen LogP contribution in [0, 0.1) is 0 Å². The summed E-state index contributed by atoms with van der Waals surface area (Å²) < 4.78 is 27.3. The minimum absolute atomic E-state index is 0.115. The van der Waals surface area contributed by atoms with Gasteiger partial charge in [-0.25, -0.2) is 13.1 Å². The van der Waals surface area contributed by atoms with Crippen LogP contribution in [-0.2, 0) is 10.0 Å². The third-order valence-electron chi connectivity index (χ3n) is 2.43. The van der Waals surface area contributed by atoms with E-state index in [9.17, 15) is 8.42 Å². The van der Waals surface area contributed by atoms with Crippen molar-refractivity contribution in [2.24, 2.45) is 0 Å². The first-order valence-electron chi connectivity index (χ1n) is 5.34. The van der Waals surface area contributed by atoms with Crippen molar-refractivity contribution in [3.63, 3.8) is 0 Å². The molecular weight excluding hydrogens is 358 g/mol. The number of rotatable bonds is 6. The van der Waals surface area contributed by atoms with Crippen molar-refractivity contribution in [3.05, 3.63) is 27.7 Å². The molecule has 0 radical (unpaired) electrons. The molecule has 7 heteroatoms. The first-order valence-corrected chi connectivity index (χ1v) is 9.28. The average Bonchev–Trinajstić information content (AvgIpc) is 2.27. The van der Waals surface area contributed by atoms with Gasteiger partial charge in [-0.15, -0.1) is 0 Å². The van der Waals surface area contributed by atoms with E-state index in [1.807, 2.05) is 6.26 Å². The highest BCUT2D eigenvalue weighted by molar-refractivity contribution is 9.10. The third kappa shape index (κ3) is 4.74. The van der Waals surface area contributed by atoms with Crippen LogP contribution in [0.25, 0.3) is 0 Å². The van der Waals surface area contributed by atoms with Crippen LogP contribution in [0.2, 0.25) is 5.02 Å². The Balaban J connectivity index is 2.74. The molecule has 0 amide bonds. The summed E-state index contributed by atoms with van der Waals surface area (Å²) in [5.74, 6) is 0. The highest BCUT2D eigenvalue weighted by atomic mass is 79.9. The summed E-state index contributed by atoms with van der Waals surface area (Å²) in [7, 11) is -3.52. The summed E-state index contributed by atoms with van der Waals surface area (Å²) in [6.07, 6.45) is 2.79. The van der Waals surface area contributed by atoms with Crippen LogP contribution in [0.5, 0.6) is 0 Å². The summed E-state index contributed by atoms with van der Waals surface area (Å²) in [6.45, 7) is 2.47. The van der Waals surface area contributed by atoms with E-state index in [0.717, 1.165) is 10.9 Å². The number of sulfonamides is 1. The summed E-state index contributed by atoms with van der Waals surface area (Å²) in [5.41, 5.74) is 0. The summed E-state index contributed by atoms with van der Waals surface area (Å²) in [5, 5.41) is 0.642. The highest BCUT2D eigenvalue weighted by Gasteiger charge is 2.17. The van der Waals surface area contributed by atoms with E-state index in [4.69, 9.17) is 11.6 Å². The molecule has 1 rings (SSSR count). The molecule has 0 aliphatic carbocycles. The van der Waals surface area contributed by atoms with Crippen molar-refractivity contribution in [2.75, 3.05) is 12.8 Å². The Hall–Kier alpha value is 0.250. The maximum absolute atomic E-state index is 12.0. The van der Waals surface area contributed by atoms with Crippen LogP contribution < -0.4 is 4.72 Å². The molecule has 3 nitrogen and oxygen atoms in total. The van der Waals surface area contributed by atoms with Gasteiger partial charge in [0.05, 0.1) is 5.02 Å². The molecule has 1 atom stereocenters. The average molecular weight is 373 g/mol. The molecule has 0 saturated heterocycles. The van der Waals surface area contributed by atoms with Crippen LogP contribution >= 0.6 is 39.3 Å². The Kier molecular flexibility index (Phi) is 6.47. The standard InChI is InChI=1S/C11H15BrClNO2S2/c1-8(17-2)5-6-14-18(15,16)11-4-3-9(12)7-10(11)13/h3-4,7-8,14H,5-6H2,1-2H3. The number of hydrogen-bond donors (Lipinski definition) is 1. The maximum Gasteiger partial charge on any atom is 0.242 e. The molecule has 0 saturated carbocycles. The molecular formula is C11H15BrClNO2S2. The van der Waals surface area contributed by atoms with Gasteiger partial charge >= 0.3 is 0 Å². The zero-order valence-electron chi connectivity index (χ0n) is 10.1. The fraction of sp³-hybridized carbons (Fsp3) is 0.455. The molecule has 18 heavy (non-hydrogen) atoms. The van der Waals surface area contributed by atoms with E-state index in [1.54, 1.807) is 23.9 Å². The molecule has 0 fully saturated rings. The number of nitrogens with one attached hydrogen (secondary N) is 1. The van der Waals surface area contributed by atoms with Gasteiger partial charge in [0.15, 0.2) is 0 Å². The topological polar surface area (TPSA) is 46.2 Å². The Morgan fingerprint density at radius 3 is 2.72 bits per heavy atom. The van der Waals surface area contributed by atoms with E-state index in [1.165, 1.54) is 6.07 Å². The number of benzene rings is 1. The number of hydrogen-bond acceptors (Lipinski definition) is 3. The van der Waals surface area contributed by atoms with Crippen molar-refractivity contribution in [1.29, 1.82) is 0 Å². The fourth-order valence-corrected chi connectivity index (χ4v) is 3.72. The van der Waals surface area contributed by atoms with Crippen molar-refractivity contribution in [1.82, 2.24) is 4.72 Å². The van der Waals surface area contributed by atoms with Crippen molar-refractivity contribution in [2.45, 2.75) is 23.5 Å². The van der Waals surface area contributed by atoms with Gasteiger partial charge in [-0.2, -0.15) is 11.8 Å². The van der Waals surface area contributed by atoms with E-state index in [2.05, 4.69) is 27.6 Å². The number of thioether (sulfide) groups is 1. The van der Waals surface area contributed by atoms with Gasteiger partial charge < -0.3 is 0 Å². The lowest BCUT2D eigenvalue weighted by Gasteiger charge is -2.11. The lowest BCUT2D eigenvalue weighted by molar-refractivity contribution is 0.579. The monoisotopic (exact) mass is 371 g/mol. The largest absolute Gasteiger partial charge is 0.242 e. The SMILES string of the molecule is CSC(C)CCNS(=O)(=O)c1ccc(Br)cc1Cl. The normalized spacial score (nSPS) is 13.6. The van der Waals surface area contributed by atoms with Crippen LogP contribution in [0.15, 0.2) is 27.6 Å². The molecule has 0 aliphatic rings. The van der Waals surface area contributed by atoms with E-state index < -0.39 is 10.0 Å². The second-order valence-electron chi connectivity index (χ2n) is 3.81. The zero-order valence-corrected chi connectivity index (χ0v) is 14.1. The first kappa shape index (κ1) is 16.3. The molecule has 0 spiro atoms. The smallest absolute Gasteiger partial charge is 0.211 e. The molecule has 0 heterocycles. The van der Waals surface area contributed by atoms with Crippen molar-refractivity contribution >= 4 is 49.3 Å². The van der Waals surface area contributed by atoms with Gasteiger partial charge in [0, 0.05) is 16.3 Å². The molecule has 1 aromatic rings. The van der Waals surface area contributed by atoms with Gasteiger partial charge in [-0.05, 0) is 30.9 Å². The Labute approximate surface area is 126 Å². The lowest BCUT2D eigenvalue weighted by Crippen LogP contribution is -2.26. The van der Waals surface area contributed by atoms with Crippen molar-refractivity contribution < 1.29 is 8.42 Å². The van der Waals surface area contributed by atoms with Gasteiger partial charge in [0.1, 0.15) is 4.90 Å². The van der Waals surface area contributed by atoms with Crippen molar-refractivity contribution in [3.8, 4) is 0 Å². The van der Waals surface area contributed by atoms with Gasteiger partial charge in [-0.1, -0.05) is 34.5 Å². The Bertz CT molecular complexity index is 508. The van der Waals surface area contributed by atoms with E-state index in [-0.39, 0.29) is 9.92 Å². The molecule has 0 aliphatic heterocycles. The van der Waals surface area contributed by atoms with Crippen LogP contribution in [-0.4, -0.2) is 26.5 Å². The predicted molar refractivity (Wildman–Crippen MR) is 81.9 cm³/mol. The zero-order chi connectivity index (χ0) is 13.8. The molecule has 0 aromatic heterocycles. The Morgan fingerprint density at radius 1 is 1.50 bits per heavy atom. The summed E-state index contributed by atoms with van der Waals surface area (Å²) in [6, 6.07) is 4.72. The molecule has 1 N–H and O–H groups in total. The van der Waals surface area contributed by atoms with Crippen LogP contribution in [0.4, 0.5) is 0 Å². The fourth-order valence-electron chi connectivity index (χ4n) is 1.29. The highest BCUT2D eigenvalue weighted by Crippen LogP contribution is 2.25. The Morgan fingerprint density at radius 2 is 2.17 bits per heavy atom. The van der Waals surface area contributed by atoms with Gasteiger partial charge in [-0.3, -0.25) is 0 Å². The van der Waals surface area contributed by atoms with E-state index >= 15 is 0 Å². The predicted octanol–water partition coefficient (Wildman–Crippen LogP) is 3.52. The summed E-state index contributed by atoms with van der Waals surface area (Å²) >= 11 is 10.9.